The van der Waals surface area contributed by atoms with E-state index in [1.54, 1.807) is 18.5 Å². The monoisotopic (exact) mass is 264 g/mol. The number of aromatic nitrogens is 3. The van der Waals surface area contributed by atoms with Crippen LogP contribution in [-0.2, 0) is 18.4 Å². The molecule has 0 aliphatic rings. The van der Waals surface area contributed by atoms with Gasteiger partial charge >= 0.3 is 5.97 Å². The number of hydrogen-bond donors (Lipinski definition) is 1. The Balaban J connectivity index is 2.05. The summed E-state index contributed by atoms with van der Waals surface area (Å²) >= 11 is 0. The summed E-state index contributed by atoms with van der Waals surface area (Å²) in [6.45, 7) is 1.76. The lowest BCUT2D eigenvalue weighted by molar-refractivity contribution is 0.0458. The number of esters is 1. The molecule has 0 unspecified atom stereocenters. The van der Waals surface area contributed by atoms with E-state index in [4.69, 9.17) is 10.5 Å². The van der Waals surface area contributed by atoms with Crippen LogP contribution in [-0.4, -0.2) is 20.7 Å². The molecule has 100 valence electrons. The van der Waals surface area contributed by atoms with Crippen LogP contribution >= 0.6 is 0 Å². The zero-order valence-electron chi connectivity index (χ0n) is 10.6. The fourth-order valence-corrected chi connectivity index (χ4v) is 1.44. The van der Waals surface area contributed by atoms with Crippen molar-refractivity contribution in [3.63, 3.8) is 0 Å². The van der Waals surface area contributed by atoms with E-state index in [0.717, 1.165) is 6.07 Å². The quantitative estimate of drug-likeness (QED) is 0.665. The molecule has 0 spiro atoms. The van der Waals surface area contributed by atoms with Crippen molar-refractivity contribution in [1.29, 1.82) is 0 Å². The molecule has 19 heavy (non-hydrogen) atoms. The first-order chi connectivity index (χ1) is 8.99. The molecule has 0 saturated heterocycles. The molecule has 0 bridgehead atoms. The van der Waals surface area contributed by atoms with E-state index in [1.807, 2.05) is 0 Å². The SMILES string of the molecule is Cc1nnc(COC(=O)c2ccc(N)c(F)c2)n1C. The summed E-state index contributed by atoms with van der Waals surface area (Å²) in [5, 5.41) is 7.69. The zero-order valence-corrected chi connectivity index (χ0v) is 10.6. The number of halogens is 1. The molecule has 1 aromatic carbocycles. The van der Waals surface area contributed by atoms with Crippen LogP contribution in [0.4, 0.5) is 10.1 Å². The Morgan fingerprint density at radius 2 is 2.21 bits per heavy atom. The molecule has 2 rings (SSSR count). The third-order valence-corrected chi connectivity index (χ3v) is 2.75. The van der Waals surface area contributed by atoms with Crippen molar-refractivity contribution >= 4 is 11.7 Å². The topological polar surface area (TPSA) is 83.0 Å². The van der Waals surface area contributed by atoms with E-state index in [9.17, 15) is 9.18 Å². The van der Waals surface area contributed by atoms with Crippen LogP contribution in [0.1, 0.15) is 22.0 Å². The molecule has 1 aromatic heterocycles. The Morgan fingerprint density at radius 3 is 2.79 bits per heavy atom. The minimum Gasteiger partial charge on any atom is -0.454 e. The van der Waals surface area contributed by atoms with Crippen molar-refractivity contribution in [2.75, 3.05) is 5.73 Å². The van der Waals surface area contributed by atoms with Gasteiger partial charge in [-0.25, -0.2) is 9.18 Å². The van der Waals surface area contributed by atoms with Gasteiger partial charge in [0.2, 0.25) is 0 Å². The summed E-state index contributed by atoms with van der Waals surface area (Å²) in [5.74, 6) is -0.0603. The zero-order chi connectivity index (χ0) is 14.0. The lowest BCUT2D eigenvalue weighted by Gasteiger charge is -2.05. The van der Waals surface area contributed by atoms with Gasteiger partial charge in [0, 0.05) is 7.05 Å². The number of nitrogens with two attached hydrogens (primary N) is 1. The van der Waals surface area contributed by atoms with Gasteiger partial charge in [-0.3, -0.25) is 0 Å². The molecule has 0 aliphatic carbocycles. The minimum absolute atomic E-state index is 0.0134. The van der Waals surface area contributed by atoms with E-state index >= 15 is 0 Å². The molecular formula is C12H13FN4O2. The lowest BCUT2D eigenvalue weighted by Crippen LogP contribution is -2.09. The van der Waals surface area contributed by atoms with Gasteiger partial charge < -0.3 is 15.0 Å². The first-order valence-electron chi connectivity index (χ1n) is 5.56. The van der Waals surface area contributed by atoms with Gasteiger partial charge in [-0.2, -0.15) is 0 Å². The van der Waals surface area contributed by atoms with Gasteiger partial charge in [0.15, 0.2) is 12.4 Å². The van der Waals surface area contributed by atoms with Crippen LogP contribution in [0.25, 0.3) is 0 Å². The minimum atomic E-state index is -0.649. The van der Waals surface area contributed by atoms with E-state index in [1.165, 1.54) is 12.1 Å². The van der Waals surface area contributed by atoms with Gasteiger partial charge in [0.05, 0.1) is 11.3 Å². The second kappa shape index (κ2) is 5.05. The summed E-state index contributed by atoms with van der Waals surface area (Å²) in [6.07, 6.45) is 0. The average molecular weight is 264 g/mol. The van der Waals surface area contributed by atoms with Gasteiger partial charge in [-0.1, -0.05) is 0 Å². The Bertz CT molecular complexity index is 624. The molecule has 0 saturated carbocycles. The molecule has 0 atom stereocenters. The molecule has 7 heteroatoms. The highest BCUT2D eigenvalue weighted by Crippen LogP contribution is 2.13. The smallest absolute Gasteiger partial charge is 0.338 e. The second-order valence-corrected chi connectivity index (χ2v) is 4.03. The van der Waals surface area contributed by atoms with Crippen molar-refractivity contribution < 1.29 is 13.9 Å². The van der Waals surface area contributed by atoms with Crippen molar-refractivity contribution in [2.45, 2.75) is 13.5 Å². The largest absolute Gasteiger partial charge is 0.454 e. The molecule has 2 aromatic rings. The second-order valence-electron chi connectivity index (χ2n) is 4.03. The third kappa shape index (κ3) is 2.70. The first kappa shape index (κ1) is 13.0. The van der Waals surface area contributed by atoms with E-state index < -0.39 is 11.8 Å². The predicted molar refractivity (Wildman–Crippen MR) is 65.7 cm³/mol. The molecule has 1 heterocycles. The number of carbonyl (C=O) groups is 1. The summed E-state index contributed by atoms with van der Waals surface area (Å²) in [5.41, 5.74) is 5.42. The number of nitrogens with zero attached hydrogens (tertiary/aromatic N) is 3. The van der Waals surface area contributed by atoms with Gasteiger partial charge in [0.25, 0.3) is 0 Å². The predicted octanol–water partition coefficient (Wildman–Crippen LogP) is 1.20. The normalized spacial score (nSPS) is 10.5. The summed E-state index contributed by atoms with van der Waals surface area (Å²) in [4.78, 5) is 11.7. The van der Waals surface area contributed by atoms with Crippen molar-refractivity contribution in [1.82, 2.24) is 14.8 Å². The van der Waals surface area contributed by atoms with Gasteiger partial charge in [-0.05, 0) is 25.1 Å². The van der Waals surface area contributed by atoms with Crippen LogP contribution in [0.5, 0.6) is 0 Å². The van der Waals surface area contributed by atoms with E-state index in [-0.39, 0.29) is 17.9 Å². The van der Waals surface area contributed by atoms with Crippen molar-refractivity contribution in [3.05, 3.63) is 41.2 Å². The molecule has 0 aliphatic heterocycles. The van der Waals surface area contributed by atoms with Gasteiger partial charge in [-0.15, -0.1) is 10.2 Å². The molecule has 0 fully saturated rings. The number of aryl methyl sites for hydroxylation is 1. The average Bonchev–Trinajstić information content (AvgIpc) is 2.70. The highest BCUT2D eigenvalue weighted by atomic mass is 19.1. The lowest BCUT2D eigenvalue weighted by atomic mass is 10.2. The number of hydrogen-bond acceptors (Lipinski definition) is 5. The maximum absolute atomic E-state index is 13.2. The first-order valence-corrected chi connectivity index (χ1v) is 5.56. The van der Waals surface area contributed by atoms with E-state index in [2.05, 4.69) is 10.2 Å². The molecular weight excluding hydrogens is 251 g/mol. The third-order valence-electron chi connectivity index (χ3n) is 2.75. The van der Waals surface area contributed by atoms with Crippen LogP contribution in [0.2, 0.25) is 0 Å². The Hall–Kier alpha value is -2.44. The van der Waals surface area contributed by atoms with Crippen molar-refractivity contribution in [3.8, 4) is 0 Å². The highest BCUT2D eigenvalue weighted by Gasteiger charge is 2.12. The van der Waals surface area contributed by atoms with Crippen molar-refractivity contribution in [2.24, 2.45) is 7.05 Å². The maximum atomic E-state index is 13.2. The van der Waals surface area contributed by atoms with Gasteiger partial charge in [0.1, 0.15) is 11.6 Å². The van der Waals surface area contributed by atoms with Crippen LogP contribution in [0.15, 0.2) is 18.2 Å². The number of anilines is 1. The fourth-order valence-electron chi connectivity index (χ4n) is 1.44. The number of carbonyl (C=O) groups excluding carboxylic acids is 1. The number of ether oxygens (including phenoxy) is 1. The standard InChI is InChI=1S/C12H13FN4O2/c1-7-15-16-11(17(7)2)6-19-12(18)8-3-4-10(14)9(13)5-8/h3-5H,6,14H2,1-2H3. The summed E-state index contributed by atoms with van der Waals surface area (Å²) in [6, 6.07) is 3.76. The molecule has 6 nitrogen and oxygen atoms in total. The Kier molecular flexibility index (Phi) is 3.46. The van der Waals surface area contributed by atoms with Crippen LogP contribution in [0.3, 0.4) is 0 Å². The van der Waals surface area contributed by atoms with Crippen LogP contribution < -0.4 is 5.73 Å². The number of rotatable bonds is 3. The fraction of sp³-hybridized carbons (Fsp3) is 0.250. The summed E-state index contributed by atoms with van der Waals surface area (Å²) < 4.78 is 19.9. The Labute approximate surface area is 109 Å². The molecule has 0 amide bonds. The molecule has 2 N–H and O–H groups in total. The molecule has 0 radical (unpaired) electrons. The summed E-state index contributed by atoms with van der Waals surface area (Å²) in [7, 11) is 1.77. The number of nitrogen functional groups attached to an aromatic ring is 1. The Morgan fingerprint density at radius 1 is 1.47 bits per heavy atom. The highest BCUT2D eigenvalue weighted by molar-refractivity contribution is 5.89. The number of benzene rings is 1. The maximum Gasteiger partial charge on any atom is 0.338 e. The van der Waals surface area contributed by atoms with E-state index in [0.29, 0.717) is 11.6 Å². The van der Waals surface area contributed by atoms with Crippen LogP contribution in [0, 0.1) is 12.7 Å².